The first-order valence-electron chi connectivity index (χ1n) is 7.57. The summed E-state index contributed by atoms with van der Waals surface area (Å²) in [6.45, 7) is 4.99. The van der Waals surface area contributed by atoms with Gasteiger partial charge >= 0.3 is 0 Å². The van der Waals surface area contributed by atoms with Crippen LogP contribution in [0.2, 0.25) is 5.02 Å². The van der Waals surface area contributed by atoms with E-state index >= 15 is 0 Å². The van der Waals surface area contributed by atoms with Crippen molar-refractivity contribution < 1.29 is 4.79 Å². The first-order chi connectivity index (χ1) is 10.1. The molecule has 1 amide bonds. The van der Waals surface area contributed by atoms with Crippen molar-refractivity contribution in [3.8, 4) is 0 Å². The molecule has 1 aliphatic rings. The number of nitrogens with zero attached hydrogens (tertiary/aromatic N) is 1. The SMILES string of the molecule is CCC1CN(CC(=O)NCc2ccc(Cl)cc2)CCC1N. The molecule has 1 heterocycles. The Hall–Kier alpha value is -1.10. The van der Waals surface area contributed by atoms with Crippen LogP contribution in [0.1, 0.15) is 25.3 Å². The fraction of sp³-hybridized carbons (Fsp3) is 0.562. The summed E-state index contributed by atoms with van der Waals surface area (Å²) in [6, 6.07) is 7.80. The molecular weight excluding hydrogens is 286 g/mol. The Bertz CT molecular complexity index is 463. The smallest absolute Gasteiger partial charge is 0.234 e. The van der Waals surface area contributed by atoms with Crippen LogP contribution < -0.4 is 11.1 Å². The topological polar surface area (TPSA) is 58.4 Å². The van der Waals surface area contributed by atoms with E-state index in [0.717, 1.165) is 31.5 Å². The number of rotatable bonds is 5. The molecule has 0 spiro atoms. The third-order valence-corrected chi connectivity index (χ3v) is 4.42. The minimum Gasteiger partial charge on any atom is -0.351 e. The molecule has 0 aliphatic carbocycles. The molecule has 0 radical (unpaired) electrons. The van der Waals surface area contributed by atoms with Gasteiger partial charge in [-0.3, -0.25) is 9.69 Å². The number of carbonyl (C=O) groups is 1. The number of likely N-dealkylation sites (tertiary alicyclic amines) is 1. The average molecular weight is 310 g/mol. The van der Waals surface area contributed by atoms with Gasteiger partial charge in [0.15, 0.2) is 0 Å². The van der Waals surface area contributed by atoms with Gasteiger partial charge < -0.3 is 11.1 Å². The largest absolute Gasteiger partial charge is 0.351 e. The highest BCUT2D eigenvalue weighted by atomic mass is 35.5. The summed E-state index contributed by atoms with van der Waals surface area (Å²) in [7, 11) is 0. The average Bonchev–Trinajstić information content (AvgIpc) is 2.48. The predicted octanol–water partition coefficient (Wildman–Crippen LogP) is 2.02. The Morgan fingerprint density at radius 3 is 2.81 bits per heavy atom. The van der Waals surface area contributed by atoms with Gasteiger partial charge in [0.1, 0.15) is 0 Å². The quantitative estimate of drug-likeness (QED) is 0.875. The molecule has 1 aliphatic heterocycles. The molecule has 2 unspecified atom stereocenters. The third kappa shape index (κ3) is 4.99. The van der Waals surface area contributed by atoms with E-state index in [1.807, 2.05) is 24.3 Å². The van der Waals surface area contributed by atoms with Gasteiger partial charge in [-0.1, -0.05) is 37.1 Å². The summed E-state index contributed by atoms with van der Waals surface area (Å²) in [5, 5.41) is 3.66. The van der Waals surface area contributed by atoms with Crippen LogP contribution >= 0.6 is 11.6 Å². The van der Waals surface area contributed by atoms with E-state index in [-0.39, 0.29) is 11.9 Å². The summed E-state index contributed by atoms with van der Waals surface area (Å²) >= 11 is 5.84. The van der Waals surface area contributed by atoms with Crippen LogP contribution in [0.4, 0.5) is 0 Å². The summed E-state index contributed by atoms with van der Waals surface area (Å²) in [6.07, 6.45) is 2.05. The van der Waals surface area contributed by atoms with Gasteiger partial charge in [0.25, 0.3) is 0 Å². The zero-order chi connectivity index (χ0) is 15.2. The second kappa shape index (κ2) is 7.78. The van der Waals surface area contributed by atoms with E-state index in [0.29, 0.717) is 24.0 Å². The first kappa shape index (κ1) is 16.3. The van der Waals surface area contributed by atoms with Crippen LogP contribution in [-0.2, 0) is 11.3 Å². The molecule has 5 heteroatoms. The maximum Gasteiger partial charge on any atom is 0.234 e. The molecule has 2 rings (SSSR count). The summed E-state index contributed by atoms with van der Waals surface area (Å²) in [5.74, 6) is 0.568. The molecule has 1 aromatic rings. The van der Waals surface area contributed by atoms with Crippen molar-refractivity contribution in [3.05, 3.63) is 34.9 Å². The highest BCUT2D eigenvalue weighted by Gasteiger charge is 2.26. The van der Waals surface area contributed by atoms with Crippen molar-refractivity contribution in [3.63, 3.8) is 0 Å². The molecule has 0 saturated carbocycles. The number of hydrogen-bond acceptors (Lipinski definition) is 3. The lowest BCUT2D eigenvalue weighted by atomic mass is 9.91. The molecule has 4 nitrogen and oxygen atoms in total. The van der Waals surface area contributed by atoms with Gasteiger partial charge in [0, 0.05) is 30.7 Å². The number of carbonyl (C=O) groups excluding carboxylic acids is 1. The second-order valence-corrected chi connectivity index (χ2v) is 6.20. The van der Waals surface area contributed by atoms with E-state index in [1.54, 1.807) is 0 Å². The lowest BCUT2D eigenvalue weighted by molar-refractivity contribution is -0.122. The second-order valence-electron chi connectivity index (χ2n) is 5.76. The Kier molecular flexibility index (Phi) is 6.03. The van der Waals surface area contributed by atoms with Gasteiger partial charge in [-0.05, 0) is 30.0 Å². The molecule has 116 valence electrons. The number of nitrogens with two attached hydrogens (primary N) is 1. The van der Waals surface area contributed by atoms with Crippen molar-refractivity contribution in [1.82, 2.24) is 10.2 Å². The highest BCUT2D eigenvalue weighted by Crippen LogP contribution is 2.18. The monoisotopic (exact) mass is 309 g/mol. The van der Waals surface area contributed by atoms with E-state index in [2.05, 4.69) is 17.1 Å². The van der Waals surface area contributed by atoms with Crippen molar-refractivity contribution >= 4 is 17.5 Å². The zero-order valence-corrected chi connectivity index (χ0v) is 13.3. The molecule has 21 heavy (non-hydrogen) atoms. The zero-order valence-electron chi connectivity index (χ0n) is 12.5. The standard InChI is InChI=1S/C16H24ClN3O/c1-2-13-10-20(8-7-15(13)18)11-16(21)19-9-12-3-5-14(17)6-4-12/h3-6,13,15H,2,7-11,18H2,1H3,(H,19,21). The minimum atomic E-state index is 0.0651. The van der Waals surface area contributed by atoms with Crippen molar-refractivity contribution in [2.45, 2.75) is 32.4 Å². The molecule has 0 aromatic heterocycles. The predicted molar refractivity (Wildman–Crippen MR) is 86.1 cm³/mol. The Labute approximate surface area is 131 Å². The van der Waals surface area contributed by atoms with Crippen LogP contribution in [-0.4, -0.2) is 36.5 Å². The molecule has 0 bridgehead atoms. The van der Waals surface area contributed by atoms with Gasteiger partial charge in [-0.2, -0.15) is 0 Å². The van der Waals surface area contributed by atoms with Crippen molar-refractivity contribution in [2.24, 2.45) is 11.7 Å². The van der Waals surface area contributed by atoms with Gasteiger partial charge in [-0.25, -0.2) is 0 Å². The van der Waals surface area contributed by atoms with E-state index in [1.165, 1.54) is 0 Å². The Morgan fingerprint density at radius 1 is 1.43 bits per heavy atom. The molecule has 2 atom stereocenters. The first-order valence-corrected chi connectivity index (χ1v) is 7.95. The van der Waals surface area contributed by atoms with Crippen LogP contribution in [0, 0.1) is 5.92 Å². The van der Waals surface area contributed by atoms with E-state index < -0.39 is 0 Å². The molecular formula is C16H24ClN3O. The molecule has 3 N–H and O–H groups in total. The lowest BCUT2D eigenvalue weighted by Gasteiger charge is -2.36. The fourth-order valence-electron chi connectivity index (χ4n) is 2.76. The maximum absolute atomic E-state index is 12.0. The van der Waals surface area contributed by atoms with Gasteiger partial charge in [0.2, 0.25) is 5.91 Å². The maximum atomic E-state index is 12.0. The van der Waals surface area contributed by atoms with E-state index in [4.69, 9.17) is 17.3 Å². The Morgan fingerprint density at radius 2 is 2.14 bits per heavy atom. The number of amides is 1. The van der Waals surface area contributed by atoms with Gasteiger partial charge in [0.05, 0.1) is 6.54 Å². The van der Waals surface area contributed by atoms with Crippen LogP contribution in [0.5, 0.6) is 0 Å². The van der Waals surface area contributed by atoms with Crippen molar-refractivity contribution in [2.75, 3.05) is 19.6 Å². The molecule has 1 aromatic carbocycles. The van der Waals surface area contributed by atoms with E-state index in [9.17, 15) is 4.79 Å². The number of halogens is 1. The van der Waals surface area contributed by atoms with Crippen LogP contribution in [0.25, 0.3) is 0 Å². The third-order valence-electron chi connectivity index (χ3n) is 4.17. The van der Waals surface area contributed by atoms with Crippen LogP contribution in [0.3, 0.4) is 0 Å². The summed E-state index contributed by atoms with van der Waals surface area (Å²) < 4.78 is 0. The van der Waals surface area contributed by atoms with Crippen LogP contribution in [0.15, 0.2) is 24.3 Å². The lowest BCUT2D eigenvalue weighted by Crippen LogP contribution is -2.49. The summed E-state index contributed by atoms with van der Waals surface area (Å²) in [5.41, 5.74) is 7.15. The molecule has 1 saturated heterocycles. The highest BCUT2D eigenvalue weighted by molar-refractivity contribution is 6.30. The Balaban J connectivity index is 1.75. The molecule has 1 fully saturated rings. The number of nitrogens with one attached hydrogen (secondary N) is 1. The normalized spacial score (nSPS) is 23.0. The summed E-state index contributed by atoms with van der Waals surface area (Å²) in [4.78, 5) is 14.2. The number of hydrogen-bond donors (Lipinski definition) is 2. The number of benzene rings is 1. The fourth-order valence-corrected chi connectivity index (χ4v) is 2.89. The number of piperidine rings is 1. The van der Waals surface area contributed by atoms with Gasteiger partial charge in [-0.15, -0.1) is 0 Å². The minimum absolute atomic E-state index is 0.0651. The van der Waals surface area contributed by atoms with Crippen molar-refractivity contribution in [1.29, 1.82) is 0 Å².